The van der Waals surface area contributed by atoms with E-state index in [0.29, 0.717) is 26.1 Å². The lowest BCUT2D eigenvalue weighted by Crippen LogP contribution is -2.63. The fourth-order valence-corrected chi connectivity index (χ4v) is 4.11. The summed E-state index contributed by atoms with van der Waals surface area (Å²) >= 11 is 0. The molecule has 27 heavy (non-hydrogen) atoms. The van der Waals surface area contributed by atoms with Crippen molar-refractivity contribution in [1.82, 2.24) is 4.90 Å². The molecule has 1 N–H and O–H groups in total. The summed E-state index contributed by atoms with van der Waals surface area (Å²) in [4.78, 5) is 14.5. The number of carbonyl (C=O) groups is 1. The third-order valence-electron chi connectivity index (χ3n) is 5.45. The van der Waals surface area contributed by atoms with Crippen LogP contribution in [0.5, 0.6) is 0 Å². The van der Waals surface area contributed by atoms with Crippen LogP contribution in [0.3, 0.4) is 0 Å². The minimum atomic E-state index is -0.950. The number of hydrogen-bond donors (Lipinski definition) is 1. The Morgan fingerprint density at radius 2 is 1.59 bits per heavy atom. The SMILES string of the molecule is CC(C)(C)OC(=O)N1C2COCC1CC(O)(c1ccc(C(C)(C)C)cc1)C2. The van der Waals surface area contributed by atoms with Crippen LogP contribution in [-0.4, -0.2) is 47.0 Å². The van der Waals surface area contributed by atoms with E-state index in [-0.39, 0.29) is 23.6 Å². The Morgan fingerprint density at radius 1 is 1.07 bits per heavy atom. The lowest BCUT2D eigenvalue weighted by molar-refractivity contribution is -0.141. The highest BCUT2D eigenvalue weighted by Crippen LogP contribution is 2.42. The van der Waals surface area contributed by atoms with Gasteiger partial charge in [0.1, 0.15) is 5.60 Å². The first-order valence-corrected chi connectivity index (χ1v) is 9.81. The number of fused-ring (bicyclic) bond motifs is 2. The van der Waals surface area contributed by atoms with E-state index in [0.717, 1.165) is 5.56 Å². The second kappa shape index (κ2) is 6.78. The van der Waals surface area contributed by atoms with E-state index in [4.69, 9.17) is 9.47 Å². The van der Waals surface area contributed by atoms with Crippen LogP contribution < -0.4 is 0 Å². The van der Waals surface area contributed by atoms with Crippen molar-refractivity contribution in [3.05, 3.63) is 35.4 Å². The second-order valence-corrected chi connectivity index (χ2v) is 10.00. The predicted octanol–water partition coefficient (Wildman–Crippen LogP) is 3.97. The molecule has 5 nitrogen and oxygen atoms in total. The number of benzene rings is 1. The molecule has 2 aliphatic rings. The molecule has 1 aromatic carbocycles. The number of nitrogens with zero attached hydrogens (tertiary/aromatic N) is 1. The Balaban J connectivity index is 1.82. The average molecular weight is 376 g/mol. The van der Waals surface area contributed by atoms with Gasteiger partial charge in [-0.15, -0.1) is 0 Å². The van der Waals surface area contributed by atoms with Gasteiger partial charge in [-0.25, -0.2) is 4.79 Å². The quantitative estimate of drug-likeness (QED) is 0.807. The van der Waals surface area contributed by atoms with Crippen LogP contribution in [0.1, 0.15) is 65.5 Å². The molecule has 2 bridgehead atoms. The van der Waals surface area contributed by atoms with Gasteiger partial charge in [-0.05, 0) is 37.3 Å². The molecule has 0 aliphatic carbocycles. The van der Waals surface area contributed by atoms with Crippen molar-refractivity contribution in [3.8, 4) is 0 Å². The summed E-state index contributed by atoms with van der Waals surface area (Å²) in [5.41, 5.74) is 0.739. The molecule has 2 saturated heterocycles. The first kappa shape index (κ1) is 20.2. The number of carbonyl (C=O) groups excluding carboxylic acids is 1. The van der Waals surface area contributed by atoms with E-state index in [9.17, 15) is 9.90 Å². The van der Waals surface area contributed by atoms with Crippen LogP contribution in [0.15, 0.2) is 24.3 Å². The Morgan fingerprint density at radius 3 is 2.04 bits per heavy atom. The van der Waals surface area contributed by atoms with Gasteiger partial charge in [-0.1, -0.05) is 45.0 Å². The van der Waals surface area contributed by atoms with E-state index in [1.54, 1.807) is 4.90 Å². The van der Waals surface area contributed by atoms with Crippen LogP contribution >= 0.6 is 0 Å². The van der Waals surface area contributed by atoms with Crippen LogP contribution in [0.4, 0.5) is 4.79 Å². The maximum Gasteiger partial charge on any atom is 0.410 e. The molecule has 150 valence electrons. The van der Waals surface area contributed by atoms with Crippen LogP contribution in [0.2, 0.25) is 0 Å². The topological polar surface area (TPSA) is 59.0 Å². The van der Waals surface area contributed by atoms with Gasteiger partial charge in [-0.3, -0.25) is 4.90 Å². The molecule has 0 aromatic heterocycles. The first-order valence-electron chi connectivity index (χ1n) is 9.81. The number of rotatable bonds is 1. The number of morpholine rings is 1. The minimum Gasteiger partial charge on any atom is -0.444 e. The molecule has 1 amide bonds. The average Bonchev–Trinajstić information content (AvgIpc) is 2.51. The van der Waals surface area contributed by atoms with E-state index in [1.807, 2.05) is 32.9 Å². The van der Waals surface area contributed by atoms with Gasteiger partial charge in [-0.2, -0.15) is 0 Å². The molecular weight excluding hydrogens is 342 g/mol. The molecule has 2 heterocycles. The summed E-state index contributed by atoms with van der Waals surface area (Å²) in [6, 6.07) is 7.89. The number of piperidine rings is 1. The third kappa shape index (κ3) is 4.30. The van der Waals surface area contributed by atoms with Crippen molar-refractivity contribution < 1.29 is 19.4 Å². The summed E-state index contributed by atoms with van der Waals surface area (Å²) in [7, 11) is 0. The van der Waals surface area contributed by atoms with Crippen LogP contribution in [-0.2, 0) is 20.5 Å². The normalized spacial score (nSPS) is 28.8. The monoisotopic (exact) mass is 375 g/mol. The summed E-state index contributed by atoms with van der Waals surface area (Å²) in [5, 5.41) is 11.4. The van der Waals surface area contributed by atoms with Gasteiger partial charge in [0.2, 0.25) is 0 Å². The van der Waals surface area contributed by atoms with Crippen molar-refractivity contribution in [2.75, 3.05) is 13.2 Å². The Labute approximate surface area is 162 Å². The summed E-state index contributed by atoms with van der Waals surface area (Å²) in [6.07, 6.45) is 0.598. The first-order chi connectivity index (χ1) is 12.4. The van der Waals surface area contributed by atoms with Crippen molar-refractivity contribution >= 4 is 6.09 Å². The third-order valence-corrected chi connectivity index (χ3v) is 5.45. The van der Waals surface area contributed by atoms with Crippen LogP contribution in [0, 0.1) is 0 Å². The highest BCUT2D eigenvalue weighted by Gasteiger charge is 2.49. The zero-order chi connectivity index (χ0) is 20.0. The molecule has 3 rings (SSSR count). The maximum absolute atomic E-state index is 12.7. The number of amides is 1. The zero-order valence-corrected chi connectivity index (χ0v) is 17.4. The van der Waals surface area contributed by atoms with Gasteiger partial charge in [0.05, 0.1) is 30.9 Å². The van der Waals surface area contributed by atoms with Crippen molar-refractivity contribution in [2.45, 2.75) is 83.1 Å². The van der Waals surface area contributed by atoms with E-state index in [1.165, 1.54) is 5.56 Å². The molecular formula is C22H33NO4. The van der Waals surface area contributed by atoms with Gasteiger partial charge >= 0.3 is 6.09 Å². The largest absolute Gasteiger partial charge is 0.444 e. The summed E-state index contributed by atoms with van der Waals surface area (Å²) < 4.78 is 11.3. The molecule has 1 aromatic rings. The lowest BCUT2D eigenvalue weighted by Gasteiger charge is -2.51. The Kier molecular flexibility index (Phi) is 5.06. The fourth-order valence-electron chi connectivity index (χ4n) is 4.11. The number of aliphatic hydroxyl groups is 1. The Bertz CT molecular complexity index is 670. The van der Waals surface area contributed by atoms with E-state index in [2.05, 4.69) is 32.9 Å². The highest BCUT2D eigenvalue weighted by atomic mass is 16.6. The van der Waals surface area contributed by atoms with Gasteiger partial charge < -0.3 is 14.6 Å². The van der Waals surface area contributed by atoms with E-state index < -0.39 is 11.2 Å². The van der Waals surface area contributed by atoms with Crippen molar-refractivity contribution in [1.29, 1.82) is 0 Å². The minimum absolute atomic E-state index is 0.0750. The zero-order valence-electron chi connectivity index (χ0n) is 17.4. The van der Waals surface area contributed by atoms with Gasteiger partial charge in [0, 0.05) is 12.8 Å². The maximum atomic E-state index is 12.7. The van der Waals surface area contributed by atoms with Crippen molar-refractivity contribution in [2.24, 2.45) is 0 Å². The molecule has 0 radical (unpaired) electrons. The van der Waals surface area contributed by atoms with E-state index >= 15 is 0 Å². The molecule has 0 saturated carbocycles. The van der Waals surface area contributed by atoms with Crippen molar-refractivity contribution in [3.63, 3.8) is 0 Å². The molecule has 2 fully saturated rings. The molecule has 2 atom stereocenters. The Hall–Kier alpha value is -1.59. The molecule has 5 heteroatoms. The second-order valence-electron chi connectivity index (χ2n) is 10.00. The van der Waals surface area contributed by atoms with Crippen LogP contribution in [0.25, 0.3) is 0 Å². The fraction of sp³-hybridized carbons (Fsp3) is 0.682. The number of hydrogen-bond acceptors (Lipinski definition) is 4. The number of ether oxygens (including phenoxy) is 2. The highest BCUT2D eigenvalue weighted by molar-refractivity contribution is 5.69. The lowest BCUT2D eigenvalue weighted by atomic mass is 9.76. The predicted molar refractivity (Wildman–Crippen MR) is 105 cm³/mol. The van der Waals surface area contributed by atoms with Gasteiger partial charge in [0.25, 0.3) is 0 Å². The smallest absolute Gasteiger partial charge is 0.410 e. The van der Waals surface area contributed by atoms with Gasteiger partial charge in [0.15, 0.2) is 0 Å². The standard InChI is InChI=1S/C22H33NO4/c1-20(2,3)15-7-9-16(10-8-15)22(25)11-17-13-26-14-18(12-22)23(17)19(24)27-21(4,5)6/h7-10,17-18,25H,11-14H2,1-6H3. The molecule has 0 spiro atoms. The molecule has 2 unspecified atom stereocenters. The summed E-state index contributed by atoms with van der Waals surface area (Å²) in [6.45, 7) is 13.0. The summed E-state index contributed by atoms with van der Waals surface area (Å²) in [5.74, 6) is 0. The molecule has 2 aliphatic heterocycles.